The van der Waals surface area contributed by atoms with Gasteiger partial charge >= 0.3 is 0 Å². The average molecular weight is 664 g/mol. The lowest BCUT2D eigenvalue weighted by atomic mass is 9.67. The molecule has 1 N–H and O–H groups in total. The molecular formula is C37H42FN9O2. The summed E-state index contributed by atoms with van der Waals surface area (Å²) in [6, 6.07) is 10.2. The SMILES string of the molecule is O=C(NC1CCC2(CC1)CCN(C[C@@H]1CCN(c3ncnnc3Oc3ccc(F)cc3-c3cncnc3C3CC3)C1)CC2)c1ccccn1. The Hall–Kier alpha value is -4.58. The maximum absolute atomic E-state index is 14.5. The van der Waals surface area contributed by atoms with Crippen LogP contribution in [0.4, 0.5) is 10.2 Å². The number of rotatable bonds is 9. The van der Waals surface area contributed by atoms with E-state index in [1.165, 1.54) is 44.1 Å². The van der Waals surface area contributed by atoms with E-state index in [9.17, 15) is 9.18 Å². The van der Waals surface area contributed by atoms with Crippen molar-refractivity contribution in [3.05, 3.63) is 78.7 Å². The van der Waals surface area contributed by atoms with Gasteiger partial charge in [-0.15, -0.1) is 10.2 Å². The first kappa shape index (κ1) is 31.7. The third-order valence-corrected chi connectivity index (χ3v) is 11.0. The molecule has 12 heteroatoms. The van der Waals surface area contributed by atoms with Crippen molar-refractivity contribution < 1.29 is 13.9 Å². The highest BCUT2D eigenvalue weighted by atomic mass is 19.1. The number of nitrogens with one attached hydrogen (secondary N) is 1. The predicted octanol–water partition coefficient (Wildman–Crippen LogP) is 5.81. The monoisotopic (exact) mass is 663 g/mol. The molecule has 49 heavy (non-hydrogen) atoms. The van der Waals surface area contributed by atoms with Gasteiger partial charge in [-0.3, -0.25) is 9.78 Å². The molecule has 2 aliphatic carbocycles. The standard InChI is InChI=1S/C37H42FN9O2/c38-27-6-7-32(29(19-27)30-20-39-23-41-33(30)26-4-5-26)49-36-34(42-24-43-45-36)47-16-10-25(22-47)21-46-17-13-37(14-18-46)11-8-28(9-12-37)44-35(48)31-3-1-2-15-40-31/h1-3,6-7,15,19-20,23-26,28H,4-5,8-14,16-18,21-22H2,(H,44,48)/t25-/m0/s1. The Morgan fingerprint density at radius 2 is 1.80 bits per heavy atom. The van der Waals surface area contributed by atoms with Crippen LogP contribution in [0.25, 0.3) is 11.1 Å². The molecule has 0 unspecified atom stereocenters. The minimum absolute atomic E-state index is 0.0663. The number of nitrogens with zero attached hydrogens (tertiary/aromatic N) is 8. The predicted molar refractivity (Wildman–Crippen MR) is 182 cm³/mol. The van der Waals surface area contributed by atoms with Crippen LogP contribution in [0.1, 0.15) is 79.9 Å². The quantitative estimate of drug-likeness (QED) is 0.235. The Morgan fingerprint density at radius 1 is 0.939 bits per heavy atom. The highest BCUT2D eigenvalue weighted by Gasteiger charge is 2.39. The molecule has 3 aromatic heterocycles. The number of aromatic nitrogens is 6. The van der Waals surface area contributed by atoms with Crippen molar-refractivity contribution in [1.82, 2.24) is 40.3 Å². The summed E-state index contributed by atoms with van der Waals surface area (Å²) < 4.78 is 20.9. The Kier molecular flexibility index (Phi) is 8.88. The number of hydrogen-bond donors (Lipinski definition) is 1. The van der Waals surface area contributed by atoms with Crippen LogP contribution < -0.4 is 15.0 Å². The van der Waals surface area contributed by atoms with Gasteiger partial charge in [0.2, 0.25) is 0 Å². The van der Waals surface area contributed by atoms with Gasteiger partial charge in [0.15, 0.2) is 5.82 Å². The van der Waals surface area contributed by atoms with Gasteiger partial charge < -0.3 is 19.9 Å². The van der Waals surface area contributed by atoms with Crippen LogP contribution in [0.5, 0.6) is 11.6 Å². The van der Waals surface area contributed by atoms with Gasteiger partial charge in [-0.1, -0.05) is 6.07 Å². The normalized spacial score (nSPS) is 21.2. The first-order chi connectivity index (χ1) is 24.0. The topological polar surface area (TPSA) is 122 Å². The molecule has 11 nitrogen and oxygen atoms in total. The molecule has 5 heterocycles. The van der Waals surface area contributed by atoms with E-state index in [-0.39, 0.29) is 17.8 Å². The molecule has 1 aromatic carbocycles. The van der Waals surface area contributed by atoms with E-state index >= 15 is 0 Å². The van der Waals surface area contributed by atoms with E-state index in [4.69, 9.17) is 4.74 Å². The molecule has 1 atom stereocenters. The fraction of sp³-hybridized carbons (Fsp3) is 0.486. The number of anilines is 1. The third-order valence-electron chi connectivity index (χ3n) is 11.0. The van der Waals surface area contributed by atoms with Gasteiger partial charge in [0.25, 0.3) is 11.8 Å². The Bertz CT molecular complexity index is 1770. The molecule has 8 rings (SSSR count). The van der Waals surface area contributed by atoms with Crippen molar-refractivity contribution in [2.45, 2.75) is 69.7 Å². The van der Waals surface area contributed by atoms with E-state index in [2.05, 4.69) is 45.2 Å². The van der Waals surface area contributed by atoms with Gasteiger partial charge in [0.05, 0.1) is 5.69 Å². The summed E-state index contributed by atoms with van der Waals surface area (Å²) in [6.07, 6.45) is 16.5. The van der Waals surface area contributed by atoms with Crippen molar-refractivity contribution in [2.24, 2.45) is 11.3 Å². The van der Waals surface area contributed by atoms with Crippen molar-refractivity contribution in [3.63, 3.8) is 0 Å². The minimum Gasteiger partial charge on any atom is -0.434 e. The van der Waals surface area contributed by atoms with Gasteiger partial charge in [-0.2, -0.15) is 0 Å². The molecule has 0 radical (unpaired) electrons. The second-order valence-corrected chi connectivity index (χ2v) is 14.3. The number of amides is 1. The lowest BCUT2D eigenvalue weighted by Crippen LogP contribution is -2.46. The number of halogens is 1. The van der Waals surface area contributed by atoms with Crippen LogP contribution in [-0.2, 0) is 0 Å². The molecule has 4 aromatic rings. The summed E-state index contributed by atoms with van der Waals surface area (Å²) in [6.45, 7) is 5.01. The molecule has 2 saturated carbocycles. The molecular weight excluding hydrogens is 621 g/mol. The fourth-order valence-electron chi connectivity index (χ4n) is 8.06. The summed E-state index contributed by atoms with van der Waals surface area (Å²) in [5.74, 6) is 1.90. The van der Waals surface area contributed by atoms with E-state index in [1.54, 1.807) is 30.9 Å². The van der Waals surface area contributed by atoms with Crippen LogP contribution in [0.15, 0.2) is 61.4 Å². The number of ether oxygens (including phenoxy) is 1. The van der Waals surface area contributed by atoms with Gasteiger partial charge in [0.1, 0.15) is 29.9 Å². The van der Waals surface area contributed by atoms with Crippen molar-refractivity contribution in [1.29, 1.82) is 0 Å². The lowest BCUT2D eigenvalue weighted by molar-refractivity contribution is 0.0510. The molecule has 2 aliphatic heterocycles. The second-order valence-electron chi connectivity index (χ2n) is 14.3. The van der Waals surface area contributed by atoms with Crippen LogP contribution in [-0.4, -0.2) is 79.7 Å². The largest absolute Gasteiger partial charge is 0.434 e. The number of likely N-dealkylation sites (tertiary alicyclic amines) is 1. The summed E-state index contributed by atoms with van der Waals surface area (Å²) in [4.78, 5) is 35.0. The van der Waals surface area contributed by atoms with Gasteiger partial charge in [-0.05, 0) is 113 Å². The molecule has 0 bridgehead atoms. The smallest absolute Gasteiger partial charge is 0.282 e. The van der Waals surface area contributed by atoms with Gasteiger partial charge in [0, 0.05) is 55.1 Å². The minimum atomic E-state index is -0.353. The number of benzene rings is 1. The number of pyridine rings is 1. The summed E-state index contributed by atoms with van der Waals surface area (Å²) in [7, 11) is 0. The zero-order valence-electron chi connectivity index (χ0n) is 27.7. The first-order valence-electron chi connectivity index (χ1n) is 17.7. The van der Waals surface area contributed by atoms with E-state index in [0.717, 1.165) is 76.1 Å². The molecule has 4 aliphatic rings. The Morgan fingerprint density at radius 3 is 2.59 bits per heavy atom. The lowest BCUT2D eigenvalue weighted by Gasteiger charge is -2.46. The molecule has 4 fully saturated rings. The Balaban J connectivity index is 0.862. The van der Waals surface area contributed by atoms with Crippen LogP contribution in [0.2, 0.25) is 0 Å². The van der Waals surface area contributed by atoms with E-state index in [1.807, 2.05) is 12.1 Å². The zero-order chi connectivity index (χ0) is 33.2. The number of carbonyl (C=O) groups excluding carboxylic acids is 1. The summed E-state index contributed by atoms with van der Waals surface area (Å²) in [5.41, 5.74) is 3.19. The molecule has 2 saturated heterocycles. The molecule has 1 spiro atoms. The highest BCUT2D eigenvalue weighted by Crippen LogP contribution is 2.46. The van der Waals surface area contributed by atoms with Crippen LogP contribution in [0, 0.1) is 17.2 Å². The maximum atomic E-state index is 14.5. The number of hydrogen-bond acceptors (Lipinski definition) is 10. The van der Waals surface area contributed by atoms with Gasteiger partial charge in [-0.25, -0.2) is 19.3 Å². The van der Waals surface area contributed by atoms with Crippen molar-refractivity contribution >= 4 is 11.7 Å². The van der Waals surface area contributed by atoms with Crippen LogP contribution in [0.3, 0.4) is 0 Å². The number of piperidine rings is 1. The fourth-order valence-corrected chi connectivity index (χ4v) is 8.06. The first-order valence-corrected chi connectivity index (χ1v) is 17.7. The molecule has 254 valence electrons. The van der Waals surface area contributed by atoms with E-state index < -0.39 is 0 Å². The zero-order valence-corrected chi connectivity index (χ0v) is 27.7. The number of carbonyl (C=O) groups is 1. The van der Waals surface area contributed by atoms with Crippen molar-refractivity contribution in [2.75, 3.05) is 37.6 Å². The highest BCUT2D eigenvalue weighted by molar-refractivity contribution is 5.92. The summed E-state index contributed by atoms with van der Waals surface area (Å²) in [5, 5.41) is 11.6. The average Bonchev–Trinajstić information content (AvgIpc) is 3.89. The molecule has 1 amide bonds. The third kappa shape index (κ3) is 7.10. The second kappa shape index (κ2) is 13.7. The van der Waals surface area contributed by atoms with Crippen LogP contribution >= 0.6 is 0 Å². The maximum Gasteiger partial charge on any atom is 0.282 e. The summed E-state index contributed by atoms with van der Waals surface area (Å²) >= 11 is 0. The van der Waals surface area contributed by atoms with E-state index in [0.29, 0.717) is 46.0 Å². The van der Waals surface area contributed by atoms with Crippen molar-refractivity contribution in [3.8, 4) is 22.8 Å². The Labute approximate surface area is 285 Å².